The summed E-state index contributed by atoms with van der Waals surface area (Å²) in [6.45, 7) is 0. The summed E-state index contributed by atoms with van der Waals surface area (Å²) in [5.41, 5.74) is 11.6. The molecule has 52 heavy (non-hydrogen) atoms. The van der Waals surface area contributed by atoms with Gasteiger partial charge in [-0.2, -0.15) is 0 Å². The molecular weight excluding hydrogens is 637 g/mol. The molecule has 0 radical (unpaired) electrons. The zero-order chi connectivity index (χ0) is 34.2. The van der Waals surface area contributed by atoms with E-state index in [1.807, 2.05) is 30.3 Å². The van der Waals surface area contributed by atoms with E-state index in [1.165, 1.54) is 54.8 Å². The minimum Gasteiger partial charge on any atom is -0.450 e. The average molecular weight is 667 g/mol. The Kier molecular flexibility index (Phi) is 6.22. The Balaban J connectivity index is 1.09. The van der Waals surface area contributed by atoms with Crippen molar-refractivity contribution in [1.29, 1.82) is 0 Å². The summed E-state index contributed by atoms with van der Waals surface area (Å²) in [6.07, 6.45) is 0. The molecule has 0 unspecified atom stereocenters. The summed E-state index contributed by atoms with van der Waals surface area (Å²) < 4.78 is 17.3. The number of aromatic nitrogens is 2. The Bertz CT molecular complexity index is 3020. The summed E-state index contributed by atoms with van der Waals surface area (Å²) >= 11 is 0. The Labute approximate surface area is 300 Å². The van der Waals surface area contributed by atoms with Crippen molar-refractivity contribution in [2.24, 2.45) is 0 Å². The molecule has 10 aromatic rings. The molecule has 3 heterocycles. The Morgan fingerprint density at radius 2 is 0.904 bits per heavy atom. The zero-order valence-electron chi connectivity index (χ0n) is 28.0. The van der Waals surface area contributed by atoms with Crippen LogP contribution >= 0.6 is 0 Å². The molecule has 0 saturated carbocycles. The molecule has 0 spiro atoms. The normalized spacial score (nSPS) is 12.2. The number of benzene rings is 8. The van der Waals surface area contributed by atoms with Crippen LogP contribution in [0.5, 0.6) is 23.0 Å². The van der Waals surface area contributed by atoms with E-state index in [-0.39, 0.29) is 0 Å². The number of rotatable bonds is 4. The second-order valence-electron chi connectivity index (χ2n) is 13.3. The van der Waals surface area contributed by atoms with Crippen LogP contribution in [0, 0.1) is 0 Å². The Hall–Kier alpha value is -7.04. The fourth-order valence-corrected chi connectivity index (χ4v) is 8.07. The van der Waals surface area contributed by atoms with Gasteiger partial charge in [0, 0.05) is 33.3 Å². The van der Waals surface area contributed by atoms with Gasteiger partial charge in [-0.3, -0.25) is 0 Å². The van der Waals surface area contributed by atoms with E-state index in [1.54, 1.807) is 0 Å². The molecule has 1 aliphatic rings. The highest BCUT2D eigenvalue weighted by Gasteiger charge is 2.22. The number of ether oxygens (including phenoxy) is 2. The number of para-hydroxylation sites is 4. The Morgan fingerprint density at radius 3 is 1.75 bits per heavy atom. The lowest BCUT2D eigenvalue weighted by atomic mass is 9.98. The van der Waals surface area contributed by atoms with E-state index in [0.717, 1.165) is 33.9 Å². The summed E-state index contributed by atoms with van der Waals surface area (Å²) in [5, 5.41) is 4.88. The molecule has 0 saturated heterocycles. The molecule has 0 N–H and O–H groups in total. The lowest BCUT2D eigenvalue weighted by molar-refractivity contribution is 0.359. The van der Waals surface area contributed by atoms with Crippen LogP contribution < -0.4 is 9.47 Å². The quantitative estimate of drug-likeness (QED) is 0.187. The third-order valence-electron chi connectivity index (χ3n) is 10.4. The average Bonchev–Trinajstić information content (AvgIpc) is 3.73. The summed E-state index contributed by atoms with van der Waals surface area (Å²) in [6, 6.07) is 64.4. The van der Waals surface area contributed by atoms with Gasteiger partial charge in [-0.05, 0) is 89.0 Å². The van der Waals surface area contributed by atoms with Crippen molar-refractivity contribution in [3.8, 4) is 56.6 Å². The summed E-state index contributed by atoms with van der Waals surface area (Å²) in [7, 11) is 0. The van der Waals surface area contributed by atoms with Crippen molar-refractivity contribution >= 4 is 43.6 Å². The smallest absolute Gasteiger partial charge is 0.172 e. The molecule has 8 aromatic carbocycles. The van der Waals surface area contributed by atoms with Gasteiger partial charge in [-0.15, -0.1) is 0 Å². The van der Waals surface area contributed by atoms with E-state index in [4.69, 9.17) is 9.47 Å². The lowest BCUT2D eigenvalue weighted by Crippen LogP contribution is -2.01. The summed E-state index contributed by atoms with van der Waals surface area (Å²) in [5.74, 6) is 2.86. The van der Waals surface area contributed by atoms with Gasteiger partial charge in [0.1, 0.15) is 0 Å². The van der Waals surface area contributed by atoms with Crippen LogP contribution in [0.2, 0.25) is 0 Å². The van der Waals surface area contributed by atoms with Crippen LogP contribution in [-0.4, -0.2) is 9.13 Å². The van der Waals surface area contributed by atoms with Crippen LogP contribution in [0.1, 0.15) is 0 Å². The molecule has 2 aromatic heterocycles. The minimum absolute atomic E-state index is 0.703. The molecule has 1 aliphatic heterocycles. The van der Waals surface area contributed by atoms with Gasteiger partial charge in [0.15, 0.2) is 23.0 Å². The van der Waals surface area contributed by atoms with Crippen LogP contribution in [-0.2, 0) is 0 Å². The largest absolute Gasteiger partial charge is 0.450 e. The third-order valence-corrected chi connectivity index (χ3v) is 10.4. The van der Waals surface area contributed by atoms with Crippen molar-refractivity contribution in [3.63, 3.8) is 0 Å². The van der Waals surface area contributed by atoms with E-state index >= 15 is 0 Å². The molecule has 0 atom stereocenters. The highest BCUT2D eigenvalue weighted by atomic mass is 16.6. The minimum atomic E-state index is 0.703. The topological polar surface area (TPSA) is 28.3 Å². The summed E-state index contributed by atoms with van der Waals surface area (Å²) in [4.78, 5) is 0. The fraction of sp³-hybridized carbons (Fsp3) is 0. The molecule has 244 valence electrons. The number of hydrogen-bond acceptors (Lipinski definition) is 2. The maximum Gasteiger partial charge on any atom is 0.172 e. The molecule has 0 bridgehead atoms. The number of nitrogens with zero attached hydrogens (tertiary/aromatic N) is 2. The van der Waals surface area contributed by atoms with Crippen LogP contribution in [0.4, 0.5) is 0 Å². The first-order valence-corrected chi connectivity index (χ1v) is 17.6. The van der Waals surface area contributed by atoms with Crippen molar-refractivity contribution in [3.05, 3.63) is 182 Å². The number of hydrogen-bond donors (Lipinski definition) is 0. The van der Waals surface area contributed by atoms with Crippen LogP contribution in [0.3, 0.4) is 0 Å². The maximum atomic E-state index is 6.33. The second-order valence-corrected chi connectivity index (χ2v) is 13.3. The van der Waals surface area contributed by atoms with Gasteiger partial charge >= 0.3 is 0 Å². The molecule has 4 heteroatoms. The maximum absolute atomic E-state index is 6.33. The molecule has 0 aliphatic carbocycles. The standard InChI is InChI=1S/C48H30N2O2/c1-2-12-31(13-3-1)32-14-10-15-34(28-32)49-40-19-6-4-16-37(40)39-29-33(24-26-42(39)49)36-18-11-21-43-48(36)38-17-5-7-20-41(38)50(43)35-25-27-46-47(30-35)52-45-23-9-8-22-44(45)51-46/h1-30H. The predicted molar refractivity (Wildman–Crippen MR) is 213 cm³/mol. The first kappa shape index (κ1) is 28.8. The van der Waals surface area contributed by atoms with Gasteiger partial charge in [-0.1, -0.05) is 109 Å². The van der Waals surface area contributed by atoms with E-state index < -0.39 is 0 Å². The van der Waals surface area contributed by atoms with Gasteiger partial charge < -0.3 is 18.6 Å². The van der Waals surface area contributed by atoms with Crippen molar-refractivity contribution in [2.45, 2.75) is 0 Å². The first-order chi connectivity index (χ1) is 25.8. The van der Waals surface area contributed by atoms with Crippen molar-refractivity contribution in [2.75, 3.05) is 0 Å². The van der Waals surface area contributed by atoms with E-state index in [0.29, 0.717) is 11.5 Å². The van der Waals surface area contributed by atoms with Crippen molar-refractivity contribution in [1.82, 2.24) is 9.13 Å². The second kappa shape index (κ2) is 11.2. The highest BCUT2D eigenvalue weighted by molar-refractivity contribution is 6.17. The monoisotopic (exact) mass is 666 g/mol. The van der Waals surface area contributed by atoms with Crippen molar-refractivity contribution < 1.29 is 9.47 Å². The third kappa shape index (κ3) is 4.34. The predicted octanol–water partition coefficient (Wildman–Crippen LogP) is 13.1. The van der Waals surface area contributed by atoms with Gasteiger partial charge in [0.05, 0.1) is 27.8 Å². The highest BCUT2D eigenvalue weighted by Crippen LogP contribution is 2.47. The van der Waals surface area contributed by atoms with Gasteiger partial charge in [0.25, 0.3) is 0 Å². The van der Waals surface area contributed by atoms with Gasteiger partial charge in [-0.25, -0.2) is 0 Å². The molecule has 0 fully saturated rings. The SMILES string of the molecule is c1ccc(-c2cccc(-n3c4ccccc4c4cc(-c5cccc6c5c5ccccc5n6-c5ccc6c(c5)Oc5ccccc5O6)ccc43)c2)cc1. The zero-order valence-corrected chi connectivity index (χ0v) is 28.0. The molecular formula is C48H30N2O2. The fourth-order valence-electron chi connectivity index (χ4n) is 8.07. The van der Waals surface area contributed by atoms with Crippen LogP contribution in [0.15, 0.2) is 182 Å². The molecule has 4 nitrogen and oxygen atoms in total. The lowest BCUT2D eigenvalue weighted by Gasteiger charge is -2.21. The molecule has 0 amide bonds. The van der Waals surface area contributed by atoms with Crippen LogP contribution in [0.25, 0.3) is 77.2 Å². The van der Waals surface area contributed by atoms with Gasteiger partial charge in [0.2, 0.25) is 0 Å². The first-order valence-electron chi connectivity index (χ1n) is 17.6. The van der Waals surface area contributed by atoms with E-state index in [9.17, 15) is 0 Å². The Morgan fingerprint density at radius 1 is 0.308 bits per heavy atom. The number of fused-ring (bicyclic) bond motifs is 8. The van der Waals surface area contributed by atoms with E-state index in [2.05, 4.69) is 161 Å². The molecule has 11 rings (SSSR count).